The Morgan fingerprint density at radius 3 is 2.42 bits per heavy atom. The van der Waals surface area contributed by atoms with Crippen LogP contribution < -0.4 is 0 Å². The first-order valence-corrected chi connectivity index (χ1v) is 4.89. The predicted molar refractivity (Wildman–Crippen MR) is 55.4 cm³/mol. The van der Waals surface area contributed by atoms with Gasteiger partial charge in [-0.1, -0.05) is 33.6 Å². The molecule has 0 fully saturated rings. The molecule has 0 amide bonds. The summed E-state index contributed by atoms with van der Waals surface area (Å²) in [6, 6.07) is 0. The van der Waals surface area contributed by atoms with Crippen LogP contribution in [0.2, 0.25) is 0 Å². The van der Waals surface area contributed by atoms with Crippen LogP contribution in [-0.2, 0) is 0 Å². The Balaban J connectivity index is 3.51. The van der Waals surface area contributed by atoms with E-state index in [4.69, 9.17) is 0 Å². The van der Waals surface area contributed by atoms with Gasteiger partial charge in [-0.25, -0.2) is 0 Å². The Morgan fingerprint density at radius 1 is 1.17 bits per heavy atom. The number of hydrogen-bond donors (Lipinski definition) is 0. The lowest BCUT2D eigenvalue weighted by Gasteiger charge is -2.08. The average Bonchev–Trinajstić information content (AvgIpc) is 2.10. The number of unbranched alkanes of at least 4 members (excludes halogenated alkanes) is 1. The molecule has 0 aliphatic carbocycles. The van der Waals surface area contributed by atoms with Crippen LogP contribution in [0.5, 0.6) is 0 Å². The lowest BCUT2D eigenvalue weighted by Crippen LogP contribution is -1.95. The molecule has 68 valence electrons. The lowest BCUT2D eigenvalue weighted by atomic mass is 9.97. The molecular weight excluding hydrogens is 144 g/mol. The molecule has 1 unspecified atom stereocenters. The quantitative estimate of drug-likeness (QED) is 0.544. The smallest absolute Gasteiger partial charge is 0.0117 e. The van der Waals surface area contributed by atoms with E-state index >= 15 is 0 Å². The first kappa shape index (κ1) is 11.6. The van der Waals surface area contributed by atoms with Crippen LogP contribution >= 0.6 is 0 Å². The molecule has 0 saturated heterocycles. The van der Waals surface area contributed by atoms with Gasteiger partial charge in [0.2, 0.25) is 0 Å². The summed E-state index contributed by atoms with van der Waals surface area (Å²) in [5.74, 6) is 7.09. The van der Waals surface area contributed by atoms with E-state index in [9.17, 15) is 0 Å². The van der Waals surface area contributed by atoms with Gasteiger partial charge in [0.15, 0.2) is 0 Å². The predicted octanol–water partition coefficient (Wildman–Crippen LogP) is 3.63. The van der Waals surface area contributed by atoms with Gasteiger partial charge >= 0.3 is 0 Å². The van der Waals surface area contributed by atoms with Crippen LogP contribution in [0.15, 0.2) is 0 Å². The zero-order valence-corrected chi connectivity index (χ0v) is 8.23. The van der Waals surface area contributed by atoms with Crippen molar-refractivity contribution in [3.8, 4) is 11.8 Å². The Labute approximate surface area is 77.8 Å². The van der Waals surface area contributed by atoms with Crippen LogP contribution in [0.4, 0.5) is 0 Å². The summed E-state index contributed by atoms with van der Waals surface area (Å²) in [6.07, 6.45) is 6.41. The van der Waals surface area contributed by atoms with E-state index in [0.717, 1.165) is 31.6 Å². The molecule has 0 heteroatoms. The van der Waals surface area contributed by atoms with Crippen LogP contribution in [0.3, 0.4) is 0 Å². The van der Waals surface area contributed by atoms with E-state index in [1.54, 1.807) is 0 Å². The summed E-state index contributed by atoms with van der Waals surface area (Å²) in [5, 5.41) is 0. The Hall–Kier alpha value is -0.440. The highest BCUT2D eigenvalue weighted by molar-refractivity contribution is 4.99. The third kappa shape index (κ3) is 6.28. The normalized spacial score (nSPS) is 11.9. The summed E-state index contributed by atoms with van der Waals surface area (Å²) >= 11 is 0. The molecule has 0 heterocycles. The maximum absolute atomic E-state index is 3.86. The minimum absolute atomic E-state index is 0.764. The molecule has 0 saturated carbocycles. The topological polar surface area (TPSA) is 0 Å². The Bertz CT molecular complexity index is 136. The van der Waals surface area contributed by atoms with Crippen LogP contribution in [0.25, 0.3) is 0 Å². The van der Waals surface area contributed by atoms with Crippen molar-refractivity contribution in [2.75, 3.05) is 0 Å². The molecule has 2 radical (unpaired) electrons. The van der Waals surface area contributed by atoms with E-state index in [2.05, 4.69) is 32.6 Å². The molecule has 0 aliphatic rings. The van der Waals surface area contributed by atoms with Crippen molar-refractivity contribution in [3.05, 3.63) is 13.8 Å². The third-order valence-electron chi connectivity index (χ3n) is 2.01. The van der Waals surface area contributed by atoms with Gasteiger partial charge in [-0.05, 0) is 18.8 Å². The van der Waals surface area contributed by atoms with E-state index in [0.29, 0.717) is 0 Å². The van der Waals surface area contributed by atoms with Crippen molar-refractivity contribution in [1.29, 1.82) is 0 Å². The van der Waals surface area contributed by atoms with Gasteiger partial charge in [-0.15, -0.1) is 11.8 Å². The van der Waals surface area contributed by atoms with Gasteiger partial charge in [0.05, 0.1) is 0 Å². The van der Waals surface area contributed by atoms with Crippen molar-refractivity contribution in [2.45, 2.75) is 45.4 Å². The molecule has 0 aromatic rings. The Morgan fingerprint density at radius 2 is 1.92 bits per heavy atom. The summed E-state index contributed by atoms with van der Waals surface area (Å²) in [4.78, 5) is 0. The third-order valence-corrected chi connectivity index (χ3v) is 2.01. The van der Waals surface area contributed by atoms with Crippen molar-refractivity contribution < 1.29 is 0 Å². The van der Waals surface area contributed by atoms with Gasteiger partial charge in [0.1, 0.15) is 0 Å². The molecule has 0 bridgehead atoms. The standard InChI is InChI=1S/C12H20/c1-4-7-8-9-11-12(6-3)10-5-2/h12H,1-2,4-7,10-11H2,3H3. The molecule has 0 rings (SSSR count). The fourth-order valence-corrected chi connectivity index (χ4v) is 1.13. The second-order valence-electron chi connectivity index (χ2n) is 3.08. The van der Waals surface area contributed by atoms with Gasteiger partial charge < -0.3 is 0 Å². The number of rotatable bonds is 5. The monoisotopic (exact) mass is 164 g/mol. The van der Waals surface area contributed by atoms with E-state index in [-0.39, 0.29) is 0 Å². The first-order chi connectivity index (χ1) is 5.85. The minimum atomic E-state index is 0.764. The fourth-order valence-electron chi connectivity index (χ4n) is 1.13. The molecule has 0 nitrogen and oxygen atoms in total. The molecule has 1 atom stereocenters. The molecule has 0 N–H and O–H groups in total. The highest BCUT2D eigenvalue weighted by atomic mass is 14.1. The van der Waals surface area contributed by atoms with Gasteiger partial charge in [0, 0.05) is 12.8 Å². The van der Waals surface area contributed by atoms with Crippen molar-refractivity contribution in [1.82, 2.24) is 0 Å². The van der Waals surface area contributed by atoms with Crippen LogP contribution in [0.1, 0.15) is 45.4 Å². The van der Waals surface area contributed by atoms with E-state index < -0.39 is 0 Å². The highest BCUT2D eigenvalue weighted by Crippen LogP contribution is 2.13. The van der Waals surface area contributed by atoms with Crippen LogP contribution in [-0.4, -0.2) is 0 Å². The SMILES string of the molecule is [CH2]CCC#CCC(CC)CC[CH2]. The summed E-state index contributed by atoms with van der Waals surface area (Å²) < 4.78 is 0. The zero-order valence-electron chi connectivity index (χ0n) is 8.23. The molecular formula is C12H20. The van der Waals surface area contributed by atoms with Gasteiger partial charge in [-0.2, -0.15) is 0 Å². The van der Waals surface area contributed by atoms with Crippen LogP contribution in [0, 0.1) is 31.6 Å². The molecule has 0 spiro atoms. The Kier molecular flexibility index (Phi) is 8.34. The maximum atomic E-state index is 3.86. The van der Waals surface area contributed by atoms with Gasteiger partial charge in [0.25, 0.3) is 0 Å². The van der Waals surface area contributed by atoms with Crippen molar-refractivity contribution in [2.24, 2.45) is 5.92 Å². The summed E-state index contributed by atoms with van der Waals surface area (Å²) in [7, 11) is 0. The summed E-state index contributed by atoms with van der Waals surface area (Å²) in [5.41, 5.74) is 0. The van der Waals surface area contributed by atoms with Crippen molar-refractivity contribution in [3.63, 3.8) is 0 Å². The first-order valence-electron chi connectivity index (χ1n) is 4.89. The second kappa shape index (κ2) is 8.65. The van der Waals surface area contributed by atoms with E-state index in [1.165, 1.54) is 12.8 Å². The van der Waals surface area contributed by atoms with Crippen molar-refractivity contribution >= 4 is 0 Å². The average molecular weight is 164 g/mol. The number of hydrogen-bond acceptors (Lipinski definition) is 0. The molecule has 0 aliphatic heterocycles. The lowest BCUT2D eigenvalue weighted by molar-refractivity contribution is 0.486. The molecule has 0 aromatic carbocycles. The highest BCUT2D eigenvalue weighted by Gasteiger charge is 2.01. The minimum Gasteiger partial charge on any atom is -0.103 e. The summed E-state index contributed by atoms with van der Waals surface area (Å²) in [6.45, 7) is 9.83. The fraction of sp³-hybridized carbons (Fsp3) is 0.667. The zero-order chi connectivity index (χ0) is 9.23. The second-order valence-corrected chi connectivity index (χ2v) is 3.08. The maximum Gasteiger partial charge on any atom is 0.0117 e. The van der Waals surface area contributed by atoms with Gasteiger partial charge in [-0.3, -0.25) is 0 Å². The molecule has 0 aromatic heterocycles. The largest absolute Gasteiger partial charge is 0.103 e. The van der Waals surface area contributed by atoms with E-state index in [1.807, 2.05) is 0 Å². The molecule has 12 heavy (non-hydrogen) atoms.